The van der Waals surface area contributed by atoms with E-state index in [1.54, 1.807) is 0 Å². The Kier molecular flexibility index (Phi) is 8.39. The monoisotopic (exact) mass is 393 g/mol. The zero-order valence-corrected chi connectivity index (χ0v) is 14.7. The first-order valence-electron chi connectivity index (χ1n) is 5.89. The maximum absolute atomic E-state index is 5.89. The van der Waals surface area contributed by atoms with Crippen molar-refractivity contribution in [3.63, 3.8) is 0 Å². The maximum Gasteiger partial charge on any atom is 0.223 e. The van der Waals surface area contributed by atoms with E-state index in [0.29, 0.717) is 5.96 Å². The molecule has 1 aliphatic rings. The van der Waals surface area contributed by atoms with Gasteiger partial charge in [0.2, 0.25) is 5.96 Å². The fourth-order valence-electron chi connectivity index (χ4n) is 1.73. The number of hydrogen-bond donors (Lipinski definition) is 2. The third-order valence-corrected chi connectivity index (χ3v) is 3.25. The summed E-state index contributed by atoms with van der Waals surface area (Å²) in [4.78, 5) is 10.3. The molecule has 0 fully saturated rings. The molecule has 0 radical (unpaired) electrons. The number of nitrogens with two attached hydrogens (primary N) is 2. The van der Waals surface area contributed by atoms with E-state index < -0.39 is 0 Å². The van der Waals surface area contributed by atoms with Crippen molar-refractivity contribution in [2.24, 2.45) is 21.5 Å². The predicted molar refractivity (Wildman–Crippen MR) is 96.9 cm³/mol. The quantitative estimate of drug-likeness (QED) is 0.436. The molecule has 4 N–H and O–H groups in total. The molecule has 116 valence electrons. The van der Waals surface area contributed by atoms with Crippen LogP contribution in [-0.2, 0) is 0 Å². The van der Waals surface area contributed by atoms with Crippen molar-refractivity contribution >= 4 is 58.4 Å². The first kappa shape index (κ1) is 19.8. The largest absolute Gasteiger partial charge is 0.369 e. The molecule has 0 amide bonds. The molecule has 0 saturated carbocycles. The van der Waals surface area contributed by atoms with Crippen LogP contribution in [-0.4, -0.2) is 29.9 Å². The van der Waals surface area contributed by atoms with Gasteiger partial charge in [0, 0.05) is 17.6 Å². The highest BCUT2D eigenvalue weighted by atomic mass is 79.9. The number of nitrogens with zero attached hydrogens (tertiary/aromatic N) is 3. The minimum Gasteiger partial charge on any atom is -0.369 e. The number of rotatable bonds is 1. The second-order valence-electron chi connectivity index (χ2n) is 4.35. The van der Waals surface area contributed by atoms with E-state index in [0.717, 1.165) is 23.2 Å². The molecule has 1 aromatic rings. The Bertz CT molecular complexity index is 554. The maximum atomic E-state index is 5.89. The van der Waals surface area contributed by atoms with Crippen LogP contribution < -0.4 is 11.5 Å². The van der Waals surface area contributed by atoms with E-state index in [1.165, 1.54) is 5.57 Å². The van der Waals surface area contributed by atoms with E-state index >= 15 is 0 Å². The van der Waals surface area contributed by atoms with Crippen molar-refractivity contribution in [2.75, 3.05) is 13.1 Å². The van der Waals surface area contributed by atoms with Crippen LogP contribution in [0.3, 0.4) is 0 Å². The third-order valence-electron chi connectivity index (χ3n) is 2.72. The molecule has 1 aromatic carbocycles. The van der Waals surface area contributed by atoms with Crippen LogP contribution in [0.15, 0.2) is 50.4 Å². The number of halogens is 3. The van der Waals surface area contributed by atoms with Gasteiger partial charge in [0.1, 0.15) is 0 Å². The van der Waals surface area contributed by atoms with Crippen LogP contribution >= 0.6 is 40.7 Å². The third kappa shape index (κ3) is 5.95. The van der Waals surface area contributed by atoms with Gasteiger partial charge in [-0.05, 0) is 31.2 Å². The number of benzene rings is 1. The second-order valence-corrected chi connectivity index (χ2v) is 5.26. The summed E-state index contributed by atoms with van der Waals surface area (Å²) in [5.41, 5.74) is 13.7. The van der Waals surface area contributed by atoms with E-state index in [1.807, 2.05) is 29.2 Å². The first-order valence-corrected chi connectivity index (χ1v) is 6.68. The molecule has 0 bridgehead atoms. The summed E-state index contributed by atoms with van der Waals surface area (Å²) in [5.74, 6) is 0.552. The Hall–Kier alpha value is -1.24. The lowest BCUT2D eigenvalue weighted by Crippen LogP contribution is -2.37. The van der Waals surface area contributed by atoms with Crippen molar-refractivity contribution in [3.8, 4) is 0 Å². The average Bonchev–Trinajstić information content (AvgIpc) is 2.79. The Morgan fingerprint density at radius 3 is 2.33 bits per heavy atom. The minimum atomic E-state index is 0. The van der Waals surface area contributed by atoms with Crippen molar-refractivity contribution in [2.45, 2.75) is 6.92 Å². The first-order chi connectivity index (χ1) is 9.04. The van der Waals surface area contributed by atoms with Crippen LogP contribution in [0.2, 0.25) is 0 Å². The number of hydrogen-bond acceptors (Lipinski definition) is 1. The zero-order valence-electron chi connectivity index (χ0n) is 11.5. The van der Waals surface area contributed by atoms with Gasteiger partial charge in [-0.2, -0.15) is 4.99 Å². The molecule has 0 saturated heterocycles. The molecule has 1 aliphatic heterocycles. The Labute approximate surface area is 145 Å². The smallest absolute Gasteiger partial charge is 0.223 e. The van der Waals surface area contributed by atoms with E-state index in [2.05, 4.69) is 38.9 Å². The molecule has 2 rings (SSSR count). The van der Waals surface area contributed by atoms with Crippen LogP contribution in [0.25, 0.3) is 0 Å². The summed E-state index contributed by atoms with van der Waals surface area (Å²) in [6, 6.07) is 7.49. The van der Waals surface area contributed by atoms with Gasteiger partial charge in [0.05, 0.1) is 5.69 Å². The van der Waals surface area contributed by atoms with Crippen LogP contribution in [0.1, 0.15) is 6.92 Å². The number of guanidine groups is 2. The van der Waals surface area contributed by atoms with Gasteiger partial charge in [-0.1, -0.05) is 27.6 Å². The predicted octanol–water partition coefficient (Wildman–Crippen LogP) is 2.82. The molecule has 21 heavy (non-hydrogen) atoms. The molecule has 0 spiro atoms. The van der Waals surface area contributed by atoms with Gasteiger partial charge in [-0.3, -0.25) is 0 Å². The van der Waals surface area contributed by atoms with Crippen molar-refractivity contribution in [3.05, 3.63) is 40.4 Å². The fraction of sp³-hybridized carbons (Fsp3) is 0.231. The molecule has 0 unspecified atom stereocenters. The molecule has 0 aliphatic carbocycles. The lowest BCUT2D eigenvalue weighted by molar-refractivity contribution is 0.527. The normalized spacial score (nSPS) is 15.1. The molecule has 0 atom stereocenters. The average molecular weight is 395 g/mol. The van der Waals surface area contributed by atoms with Gasteiger partial charge < -0.3 is 16.4 Å². The number of aliphatic imine (C=N–C) groups is 2. The standard InChI is InChI=1S/C13H16BrN5.2ClH/c1-9-6-7-19(8-9)13(16)18-12(15)17-11-4-2-10(14)3-5-11;;/h2-6H,7-8H2,1H3,(H4,15,16,17,18);2*1H. The Balaban J connectivity index is 0.00000200. The Morgan fingerprint density at radius 2 is 1.81 bits per heavy atom. The van der Waals surface area contributed by atoms with E-state index in [4.69, 9.17) is 11.5 Å². The molecule has 5 nitrogen and oxygen atoms in total. The summed E-state index contributed by atoms with van der Waals surface area (Å²) in [6.07, 6.45) is 2.12. The molecule has 0 aromatic heterocycles. The van der Waals surface area contributed by atoms with Gasteiger partial charge in [-0.25, -0.2) is 4.99 Å². The van der Waals surface area contributed by atoms with Crippen LogP contribution in [0.5, 0.6) is 0 Å². The van der Waals surface area contributed by atoms with E-state index in [9.17, 15) is 0 Å². The van der Waals surface area contributed by atoms with E-state index in [-0.39, 0.29) is 30.8 Å². The zero-order chi connectivity index (χ0) is 13.8. The van der Waals surface area contributed by atoms with Crippen LogP contribution in [0, 0.1) is 0 Å². The summed E-state index contributed by atoms with van der Waals surface area (Å²) in [7, 11) is 0. The van der Waals surface area contributed by atoms with Gasteiger partial charge in [0.25, 0.3) is 0 Å². The molecular formula is C13H18BrCl2N5. The fourth-order valence-corrected chi connectivity index (χ4v) is 2.00. The topological polar surface area (TPSA) is 80.0 Å². The summed E-state index contributed by atoms with van der Waals surface area (Å²) < 4.78 is 0.992. The second kappa shape index (κ2) is 8.92. The lowest BCUT2D eigenvalue weighted by atomic mass is 10.3. The summed E-state index contributed by atoms with van der Waals surface area (Å²) in [5, 5.41) is 0. The minimum absolute atomic E-state index is 0. The highest BCUT2D eigenvalue weighted by Gasteiger charge is 2.13. The SMILES string of the molecule is CC1=CCN(/C(N)=N\C(N)=Nc2ccc(Br)cc2)C1.Cl.Cl. The van der Waals surface area contributed by atoms with Crippen molar-refractivity contribution < 1.29 is 0 Å². The van der Waals surface area contributed by atoms with Gasteiger partial charge >= 0.3 is 0 Å². The van der Waals surface area contributed by atoms with Crippen molar-refractivity contribution in [1.82, 2.24) is 4.90 Å². The molecular weight excluding hydrogens is 377 g/mol. The molecule has 8 heteroatoms. The van der Waals surface area contributed by atoms with Crippen LogP contribution in [0.4, 0.5) is 5.69 Å². The molecule has 1 heterocycles. The highest BCUT2D eigenvalue weighted by Crippen LogP contribution is 2.16. The van der Waals surface area contributed by atoms with Gasteiger partial charge in [-0.15, -0.1) is 24.8 Å². The van der Waals surface area contributed by atoms with Crippen molar-refractivity contribution in [1.29, 1.82) is 0 Å². The Morgan fingerprint density at radius 1 is 1.19 bits per heavy atom. The summed E-state index contributed by atoms with van der Waals surface area (Å²) >= 11 is 3.36. The van der Waals surface area contributed by atoms with Gasteiger partial charge in [0.15, 0.2) is 5.96 Å². The lowest BCUT2D eigenvalue weighted by Gasteiger charge is -2.16. The summed E-state index contributed by atoms with van der Waals surface area (Å²) in [6.45, 7) is 3.63. The highest BCUT2D eigenvalue weighted by molar-refractivity contribution is 9.10.